The molecule has 1 rings (SSSR count). The molecule has 0 bridgehead atoms. The molecule has 2 amide bonds. The van der Waals surface area contributed by atoms with E-state index in [0.29, 0.717) is 18.0 Å². The highest BCUT2D eigenvalue weighted by atomic mass is 16.5. The summed E-state index contributed by atoms with van der Waals surface area (Å²) in [7, 11) is 3.19. The topological polar surface area (TPSA) is 59.6 Å². The Morgan fingerprint density at radius 3 is 2.55 bits per heavy atom. The minimum Gasteiger partial charge on any atom is -0.493 e. The van der Waals surface area contributed by atoms with E-state index in [4.69, 9.17) is 9.47 Å². The zero-order chi connectivity index (χ0) is 15.0. The molecular weight excluding hydrogens is 256 g/mol. The molecule has 2 N–H and O–H groups in total. The molecule has 112 valence electrons. The van der Waals surface area contributed by atoms with Crippen molar-refractivity contribution >= 4 is 6.03 Å². The summed E-state index contributed by atoms with van der Waals surface area (Å²) in [6, 6.07) is 5.37. The molecule has 5 nitrogen and oxygen atoms in total. The van der Waals surface area contributed by atoms with Crippen molar-refractivity contribution < 1.29 is 14.3 Å². The summed E-state index contributed by atoms with van der Waals surface area (Å²) in [6.07, 6.45) is 2.05. The van der Waals surface area contributed by atoms with Crippen molar-refractivity contribution in [3.05, 3.63) is 23.8 Å². The monoisotopic (exact) mass is 280 g/mol. The molecule has 0 aliphatic heterocycles. The largest absolute Gasteiger partial charge is 0.493 e. The van der Waals surface area contributed by atoms with Gasteiger partial charge in [-0.1, -0.05) is 19.4 Å². The van der Waals surface area contributed by atoms with Gasteiger partial charge < -0.3 is 20.1 Å². The quantitative estimate of drug-likeness (QED) is 0.755. The number of ether oxygens (including phenoxy) is 2. The van der Waals surface area contributed by atoms with Gasteiger partial charge in [-0.25, -0.2) is 4.79 Å². The van der Waals surface area contributed by atoms with Gasteiger partial charge in [0.15, 0.2) is 11.5 Å². The summed E-state index contributed by atoms with van der Waals surface area (Å²) in [4.78, 5) is 11.7. The second-order valence-corrected chi connectivity index (χ2v) is 4.59. The molecule has 0 heterocycles. The van der Waals surface area contributed by atoms with Crippen LogP contribution in [0.25, 0.3) is 0 Å². The fraction of sp³-hybridized carbons (Fsp3) is 0.533. The maximum atomic E-state index is 11.7. The lowest BCUT2D eigenvalue weighted by molar-refractivity contribution is 0.237. The Balaban J connectivity index is 2.63. The Hall–Kier alpha value is -1.91. The summed E-state index contributed by atoms with van der Waals surface area (Å²) in [5.41, 5.74) is 0.966. The standard InChI is InChI=1S/C15H24N2O3/c1-5-6-9-16-15(18)17-11(2)12-7-8-13(19-3)14(10-12)20-4/h7-8,10-11H,5-6,9H2,1-4H3,(H2,16,17,18). The third kappa shape index (κ3) is 4.64. The summed E-state index contributed by atoms with van der Waals surface area (Å²) >= 11 is 0. The Bertz CT molecular complexity index is 435. The molecule has 0 spiro atoms. The number of nitrogens with one attached hydrogen (secondary N) is 2. The minimum atomic E-state index is -0.152. The van der Waals surface area contributed by atoms with Crippen LogP contribution in [-0.2, 0) is 0 Å². The van der Waals surface area contributed by atoms with E-state index in [1.54, 1.807) is 14.2 Å². The Kier molecular flexibility index (Phi) is 6.70. The van der Waals surface area contributed by atoms with Gasteiger partial charge in [-0.15, -0.1) is 0 Å². The first-order valence-corrected chi connectivity index (χ1v) is 6.88. The molecule has 0 saturated heterocycles. The number of hydrogen-bond acceptors (Lipinski definition) is 3. The van der Waals surface area contributed by atoms with Crippen LogP contribution in [-0.4, -0.2) is 26.8 Å². The fourth-order valence-corrected chi connectivity index (χ4v) is 1.83. The van der Waals surface area contributed by atoms with E-state index in [-0.39, 0.29) is 12.1 Å². The third-order valence-corrected chi connectivity index (χ3v) is 3.07. The number of amides is 2. The Morgan fingerprint density at radius 2 is 1.95 bits per heavy atom. The van der Waals surface area contributed by atoms with Crippen LogP contribution in [0.4, 0.5) is 4.79 Å². The molecular formula is C15H24N2O3. The molecule has 0 aromatic heterocycles. The van der Waals surface area contributed by atoms with Crippen molar-refractivity contribution in [3.63, 3.8) is 0 Å². The number of carbonyl (C=O) groups excluding carboxylic acids is 1. The van der Waals surface area contributed by atoms with Gasteiger partial charge in [0.05, 0.1) is 20.3 Å². The highest BCUT2D eigenvalue weighted by Crippen LogP contribution is 2.29. The number of unbranched alkanes of at least 4 members (excludes halogenated alkanes) is 1. The van der Waals surface area contributed by atoms with Crippen molar-refractivity contribution in [1.82, 2.24) is 10.6 Å². The van der Waals surface area contributed by atoms with Gasteiger partial charge in [0.2, 0.25) is 0 Å². The van der Waals surface area contributed by atoms with Crippen LogP contribution in [0.5, 0.6) is 11.5 Å². The fourth-order valence-electron chi connectivity index (χ4n) is 1.83. The van der Waals surface area contributed by atoms with Crippen LogP contribution in [0.15, 0.2) is 18.2 Å². The predicted molar refractivity (Wildman–Crippen MR) is 79.4 cm³/mol. The van der Waals surface area contributed by atoms with E-state index in [1.807, 2.05) is 25.1 Å². The molecule has 0 aliphatic carbocycles. The van der Waals surface area contributed by atoms with Crippen molar-refractivity contribution in [3.8, 4) is 11.5 Å². The lowest BCUT2D eigenvalue weighted by Gasteiger charge is -2.17. The lowest BCUT2D eigenvalue weighted by atomic mass is 10.1. The molecule has 1 atom stereocenters. The predicted octanol–water partition coefficient (Wildman–Crippen LogP) is 2.86. The normalized spacial score (nSPS) is 11.6. The van der Waals surface area contributed by atoms with Crippen molar-refractivity contribution in [1.29, 1.82) is 0 Å². The van der Waals surface area contributed by atoms with Crippen LogP contribution in [0.1, 0.15) is 38.3 Å². The number of methoxy groups -OCH3 is 2. The Labute approximate surface area is 120 Å². The van der Waals surface area contributed by atoms with Crippen molar-refractivity contribution in [2.24, 2.45) is 0 Å². The minimum absolute atomic E-state index is 0.101. The highest BCUT2D eigenvalue weighted by molar-refractivity contribution is 5.74. The van der Waals surface area contributed by atoms with E-state index in [2.05, 4.69) is 17.6 Å². The number of carbonyl (C=O) groups is 1. The average Bonchev–Trinajstić information content (AvgIpc) is 2.46. The smallest absolute Gasteiger partial charge is 0.315 e. The zero-order valence-corrected chi connectivity index (χ0v) is 12.7. The van der Waals surface area contributed by atoms with Gasteiger partial charge in [-0.2, -0.15) is 0 Å². The van der Waals surface area contributed by atoms with Gasteiger partial charge in [-0.3, -0.25) is 0 Å². The number of hydrogen-bond donors (Lipinski definition) is 2. The van der Waals surface area contributed by atoms with Gasteiger partial charge in [0, 0.05) is 6.54 Å². The number of rotatable bonds is 7. The first-order chi connectivity index (χ1) is 9.62. The van der Waals surface area contributed by atoms with E-state index in [0.717, 1.165) is 18.4 Å². The maximum Gasteiger partial charge on any atom is 0.315 e. The average molecular weight is 280 g/mol. The molecule has 0 saturated carbocycles. The van der Waals surface area contributed by atoms with Gasteiger partial charge in [0.25, 0.3) is 0 Å². The molecule has 0 radical (unpaired) electrons. The summed E-state index contributed by atoms with van der Waals surface area (Å²) < 4.78 is 10.5. The first kappa shape index (κ1) is 16.1. The molecule has 5 heteroatoms. The van der Waals surface area contributed by atoms with Gasteiger partial charge >= 0.3 is 6.03 Å². The Morgan fingerprint density at radius 1 is 1.25 bits per heavy atom. The van der Waals surface area contributed by atoms with E-state index in [9.17, 15) is 4.79 Å². The van der Waals surface area contributed by atoms with Crippen LogP contribution in [0, 0.1) is 0 Å². The van der Waals surface area contributed by atoms with E-state index in [1.165, 1.54) is 0 Å². The second-order valence-electron chi connectivity index (χ2n) is 4.59. The van der Waals surface area contributed by atoms with E-state index >= 15 is 0 Å². The summed E-state index contributed by atoms with van der Waals surface area (Å²) in [6.45, 7) is 4.72. The number of urea groups is 1. The summed E-state index contributed by atoms with van der Waals surface area (Å²) in [5, 5.41) is 5.73. The second kappa shape index (κ2) is 8.30. The molecule has 0 aliphatic rings. The van der Waals surface area contributed by atoms with Crippen LogP contribution in [0.3, 0.4) is 0 Å². The van der Waals surface area contributed by atoms with Gasteiger partial charge in [0.1, 0.15) is 0 Å². The van der Waals surface area contributed by atoms with Crippen molar-refractivity contribution in [2.45, 2.75) is 32.7 Å². The maximum absolute atomic E-state index is 11.7. The molecule has 1 unspecified atom stereocenters. The van der Waals surface area contributed by atoms with Crippen LogP contribution in [0.2, 0.25) is 0 Å². The van der Waals surface area contributed by atoms with Crippen LogP contribution >= 0.6 is 0 Å². The lowest BCUT2D eigenvalue weighted by Crippen LogP contribution is -2.37. The van der Waals surface area contributed by atoms with Crippen molar-refractivity contribution in [2.75, 3.05) is 20.8 Å². The summed E-state index contributed by atoms with van der Waals surface area (Å²) in [5.74, 6) is 1.33. The van der Waals surface area contributed by atoms with Gasteiger partial charge in [-0.05, 0) is 31.0 Å². The molecule has 20 heavy (non-hydrogen) atoms. The highest BCUT2D eigenvalue weighted by Gasteiger charge is 2.12. The van der Waals surface area contributed by atoms with E-state index < -0.39 is 0 Å². The van der Waals surface area contributed by atoms with Crippen LogP contribution < -0.4 is 20.1 Å². The number of benzene rings is 1. The molecule has 1 aromatic rings. The SMILES string of the molecule is CCCCNC(=O)NC(C)c1ccc(OC)c(OC)c1. The zero-order valence-electron chi connectivity index (χ0n) is 12.7. The third-order valence-electron chi connectivity index (χ3n) is 3.07. The molecule has 0 fully saturated rings. The first-order valence-electron chi connectivity index (χ1n) is 6.88. The molecule has 1 aromatic carbocycles.